The first-order valence-electron chi connectivity index (χ1n) is 6.45. The Hall–Kier alpha value is -2.27. The third-order valence-corrected chi connectivity index (χ3v) is 3.29. The molecule has 2 rings (SSSR count). The molecule has 0 bridgehead atoms. The van der Waals surface area contributed by atoms with Crippen LogP contribution < -0.4 is 5.32 Å². The predicted octanol–water partition coefficient (Wildman–Crippen LogP) is 3.15. The summed E-state index contributed by atoms with van der Waals surface area (Å²) in [5.41, 5.74) is 2.90. The molecule has 1 heterocycles. The van der Waals surface area contributed by atoms with Crippen molar-refractivity contribution in [2.75, 3.05) is 0 Å². The molecule has 0 fully saturated rings. The first kappa shape index (κ1) is 14.1. The Morgan fingerprint density at radius 3 is 2.65 bits per heavy atom. The fraction of sp³-hybridized carbons (Fsp3) is 0.267. The number of aryl methyl sites for hydroxylation is 1. The van der Waals surface area contributed by atoms with Crippen LogP contribution in [0.5, 0.6) is 0 Å². The van der Waals surface area contributed by atoms with Gasteiger partial charge in [-0.25, -0.2) is 0 Å². The minimum Gasteiger partial charge on any atom is -0.306 e. The lowest BCUT2D eigenvalue weighted by Crippen LogP contribution is -2.18. The molecule has 0 unspecified atom stereocenters. The Labute approximate surface area is 117 Å². The topological polar surface area (TPSA) is 68.1 Å². The van der Waals surface area contributed by atoms with Gasteiger partial charge in [-0.05, 0) is 37.1 Å². The molecular weight excluding hydrogens is 254 g/mol. The molecule has 20 heavy (non-hydrogen) atoms. The summed E-state index contributed by atoms with van der Waals surface area (Å²) in [7, 11) is 0. The molecule has 0 amide bonds. The van der Waals surface area contributed by atoms with Crippen molar-refractivity contribution in [2.45, 2.75) is 26.4 Å². The van der Waals surface area contributed by atoms with Crippen LogP contribution in [-0.2, 0) is 6.54 Å². The quantitative estimate of drug-likeness (QED) is 0.670. The summed E-state index contributed by atoms with van der Waals surface area (Å²) in [6, 6.07) is 9.39. The van der Waals surface area contributed by atoms with Crippen LogP contribution in [0.1, 0.15) is 29.7 Å². The molecular formula is C15H17N3O2. The van der Waals surface area contributed by atoms with Crippen LogP contribution in [0, 0.1) is 17.0 Å². The van der Waals surface area contributed by atoms with Crippen LogP contribution in [0.4, 0.5) is 5.69 Å². The second-order valence-corrected chi connectivity index (χ2v) is 4.76. The summed E-state index contributed by atoms with van der Waals surface area (Å²) in [5, 5.41) is 14.3. The van der Waals surface area contributed by atoms with Crippen LogP contribution in [-0.4, -0.2) is 9.91 Å². The van der Waals surface area contributed by atoms with E-state index in [4.69, 9.17) is 0 Å². The molecule has 2 aromatic rings. The van der Waals surface area contributed by atoms with Crippen molar-refractivity contribution in [1.82, 2.24) is 10.3 Å². The summed E-state index contributed by atoms with van der Waals surface area (Å²) < 4.78 is 0. The molecule has 0 aliphatic rings. The van der Waals surface area contributed by atoms with Gasteiger partial charge in [-0.2, -0.15) is 0 Å². The number of nitro benzene ring substituents is 1. The number of nitrogens with zero attached hydrogens (tertiary/aromatic N) is 2. The third kappa shape index (κ3) is 3.39. The van der Waals surface area contributed by atoms with E-state index >= 15 is 0 Å². The zero-order chi connectivity index (χ0) is 14.5. The minimum absolute atomic E-state index is 0.165. The molecule has 0 saturated heterocycles. The highest BCUT2D eigenvalue weighted by atomic mass is 16.6. The maximum absolute atomic E-state index is 10.9. The fourth-order valence-corrected chi connectivity index (χ4v) is 2.00. The average Bonchev–Trinajstić information content (AvgIpc) is 2.46. The molecule has 0 spiro atoms. The maximum Gasteiger partial charge on any atom is 0.272 e. The number of nitrogens with one attached hydrogen (secondary N) is 1. The molecule has 104 valence electrons. The predicted molar refractivity (Wildman–Crippen MR) is 77.3 cm³/mol. The molecule has 5 nitrogen and oxygen atoms in total. The number of hydrogen-bond donors (Lipinski definition) is 1. The van der Waals surface area contributed by atoms with Gasteiger partial charge >= 0.3 is 0 Å². The first-order valence-corrected chi connectivity index (χ1v) is 6.45. The number of hydrogen-bond acceptors (Lipinski definition) is 4. The highest BCUT2D eigenvalue weighted by Gasteiger charge is 2.11. The number of benzene rings is 1. The molecule has 1 aromatic heterocycles. The van der Waals surface area contributed by atoms with Gasteiger partial charge < -0.3 is 5.32 Å². The van der Waals surface area contributed by atoms with E-state index in [0.29, 0.717) is 12.1 Å². The zero-order valence-electron chi connectivity index (χ0n) is 11.5. The van der Waals surface area contributed by atoms with Crippen LogP contribution in [0.3, 0.4) is 0 Å². The van der Waals surface area contributed by atoms with Gasteiger partial charge in [0.05, 0.1) is 4.92 Å². The molecule has 1 atom stereocenters. The third-order valence-electron chi connectivity index (χ3n) is 3.29. The van der Waals surface area contributed by atoms with E-state index in [9.17, 15) is 10.1 Å². The molecule has 0 radical (unpaired) electrons. The second-order valence-electron chi connectivity index (χ2n) is 4.76. The fourth-order valence-electron chi connectivity index (χ4n) is 2.00. The second kappa shape index (κ2) is 6.25. The van der Waals surface area contributed by atoms with E-state index in [2.05, 4.69) is 17.2 Å². The van der Waals surface area contributed by atoms with E-state index < -0.39 is 0 Å². The van der Waals surface area contributed by atoms with Gasteiger partial charge in [0.2, 0.25) is 0 Å². The molecule has 1 aromatic carbocycles. The van der Waals surface area contributed by atoms with Gasteiger partial charge in [0.25, 0.3) is 5.69 Å². The Bertz CT molecular complexity index is 599. The summed E-state index contributed by atoms with van der Waals surface area (Å²) in [6.45, 7) is 4.39. The smallest absolute Gasteiger partial charge is 0.272 e. The lowest BCUT2D eigenvalue weighted by molar-refractivity contribution is -0.385. The van der Waals surface area contributed by atoms with Crippen molar-refractivity contribution in [3.63, 3.8) is 0 Å². The van der Waals surface area contributed by atoms with E-state index in [1.165, 1.54) is 0 Å². The van der Waals surface area contributed by atoms with Gasteiger partial charge in [-0.3, -0.25) is 15.1 Å². The lowest BCUT2D eigenvalue weighted by atomic mass is 10.1. The Balaban J connectivity index is 2.04. The normalized spacial score (nSPS) is 12.1. The summed E-state index contributed by atoms with van der Waals surface area (Å²) in [6.07, 6.45) is 3.51. The van der Waals surface area contributed by atoms with Crippen molar-refractivity contribution in [2.24, 2.45) is 0 Å². The average molecular weight is 271 g/mol. The van der Waals surface area contributed by atoms with Crippen molar-refractivity contribution >= 4 is 5.69 Å². The highest BCUT2D eigenvalue weighted by Crippen LogP contribution is 2.20. The number of nitro groups is 1. The van der Waals surface area contributed by atoms with Crippen LogP contribution in [0.15, 0.2) is 42.7 Å². The van der Waals surface area contributed by atoms with E-state index in [-0.39, 0.29) is 16.7 Å². The van der Waals surface area contributed by atoms with Crippen molar-refractivity contribution in [1.29, 1.82) is 0 Å². The van der Waals surface area contributed by atoms with Crippen LogP contribution in [0.2, 0.25) is 0 Å². The summed E-state index contributed by atoms with van der Waals surface area (Å²) in [5.74, 6) is 0. The lowest BCUT2D eigenvalue weighted by Gasteiger charge is -2.14. The Morgan fingerprint density at radius 1 is 1.30 bits per heavy atom. The highest BCUT2D eigenvalue weighted by molar-refractivity contribution is 5.42. The number of rotatable bonds is 5. The molecule has 0 aliphatic carbocycles. The number of aromatic nitrogens is 1. The van der Waals surface area contributed by atoms with Crippen molar-refractivity contribution in [3.8, 4) is 0 Å². The van der Waals surface area contributed by atoms with E-state index in [0.717, 1.165) is 11.1 Å². The van der Waals surface area contributed by atoms with E-state index in [1.54, 1.807) is 31.5 Å². The van der Waals surface area contributed by atoms with Crippen molar-refractivity contribution in [3.05, 3.63) is 69.5 Å². The van der Waals surface area contributed by atoms with Gasteiger partial charge in [0, 0.05) is 36.6 Å². The largest absolute Gasteiger partial charge is 0.306 e. The molecule has 1 N–H and O–H groups in total. The molecule has 5 heteroatoms. The number of pyridine rings is 1. The Kier molecular flexibility index (Phi) is 4.42. The van der Waals surface area contributed by atoms with Crippen molar-refractivity contribution < 1.29 is 4.92 Å². The summed E-state index contributed by atoms with van der Waals surface area (Å²) >= 11 is 0. The SMILES string of the molecule is Cc1ccc(CN[C@H](C)c2ccncc2)cc1[N+](=O)[O-]. The van der Waals surface area contributed by atoms with Gasteiger partial charge in [0.15, 0.2) is 0 Å². The van der Waals surface area contributed by atoms with Gasteiger partial charge in [-0.1, -0.05) is 12.1 Å². The monoisotopic (exact) mass is 271 g/mol. The van der Waals surface area contributed by atoms with E-state index in [1.807, 2.05) is 18.2 Å². The minimum atomic E-state index is -0.342. The zero-order valence-corrected chi connectivity index (χ0v) is 11.5. The van der Waals surface area contributed by atoms with Crippen LogP contribution in [0.25, 0.3) is 0 Å². The maximum atomic E-state index is 10.9. The Morgan fingerprint density at radius 2 is 2.00 bits per heavy atom. The van der Waals surface area contributed by atoms with Gasteiger partial charge in [0.1, 0.15) is 0 Å². The molecule has 0 saturated carbocycles. The first-order chi connectivity index (χ1) is 9.58. The molecule has 0 aliphatic heterocycles. The summed E-state index contributed by atoms with van der Waals surface area (Å²) in [4.78, 5) is 14.6. The van der Waals surface area contributed by atoms with Crippen LogP contribution >= 0.6 is 0 Å². The standard InChI is InChI=1S/C15H17N3O2/c1-11-3-4-13(9-15(11)18(19)20)10-17-12(2)14-5-7-16-8-6-14/h3-9,12,17H,10H2,1-2H3/t12-/m1/s1. The van der Waals surface area contributed by atoms with Gasteiger partial charge in [-0.15, -0.1) is 0 Å².